The second-order valence-electron chi connectivity index (χ2n) is 7.82. The number of hydrogen-bond acceptors (Lipinski definition) is 3. The molecular formula is C30H42N2O. The number of allylic oxidation sites excluding steroid dienone is 3. The molecule has 0 N–H and O–H groups in total. The second kappa shape index (κ2) is 17.4. The van der Waals surface area contributed by atoms with E-state index >= 15 is 0 Å². The van der Waals surface area contributed by atoms with Gasteiger partial charge < -0.3 is 4.90 Å². The summed E-state index contributed by atoms with van der Waals surface area (Å²) in [4.78, 5) is 13.7. The number of nitriles is 1. The zero-order valence-corrected chi connectivity index (χ0v) is 21.7. The first-order chi connectivity index (χ1) is 15.9. The summed E-state index contributed by atoms with van der Waals surface area (Å²) in [5, 5.41) is 9.32. The Labute approximate surface area is 202 Å². The lowest BCUT2D eigenvalue weighted by atomic mass is 9.99. The monoisotopic (exact) mass is 446 g/mol. The normalized spacial score (nSPS) is 9.27. The predicted molar refractivity (Wildman–Crippen MR) is 143 cm³/mol. The van der Waals surface area contributed by atoms with Gasteiger partial charge in [0.2, 0.25) is 0 Å². The van der Waals surface area contributed by atoms with Crippen LogP contribution < -0.4 is 0 Å². The topological polar surface area (TPSA) is 44.1 Å². The van der Waals surface area contributed by atoms with Gasteiger partial charge in [-0.1, -0.05) is 96.5 Å². The van der Waals surface area contributed by atoms with Gasteiger partial charge in [0.15, 0.2) is 6.29 Å². The van der Waals surface area contributed by atoms with E-state index in [1.807, 2.05) is 69.0 Å². The standard InChI is InChI=1S/C25H28N2O.C3H8.C2H6/c1-5-6-9-20(4)27(25(18-28)19(2)3)17-21-12-14-22(15-13-21)24-11-8-7-10-23(24)16-26;1-3-2;1-2/h7-8,10-15,18H,4-6,9,17H2,1-3H3;3H2,1-2H3;1-2H3. The molecule has 3 nitrogen and oxygen atoms in total. The summed E-state index contributed by atoms with van der Waals surface area (Å²) in [6.45, 7) is 19.1. The minimum Gasteiger partial charge on any atom is -0.339 e. The molecule has 3 heteroatoms. The molecule has 33 heavy (non-hydrogen) atoms. The first-order valence-electron chi connectivity index (χ1n) is 12.1. The maximum absolute atomic E-state index is 11.7. The van der Waals surface area contributed by atoms with E-state index in [4.69, 9.17) is 0 Å². The fourth-order valence-corrected chi connectivity index (χ4v) is 3.14. The van der Waals surface area contributed by atoms with Crippen molar-refractivity contribution >= 4 is 6.29 Å². The molecule has 0 saturated carbocycles. The number of carbonyl (C=O) groups is 1. The van der Waals surface area contributed by atoms with Crippen LogP contribution in [0.1, 0.15) is 85.3 Å². The van der Waals surface area contributed by atoms with Crippen molar-refractivity contribution < 1.29 is 4.79 Å². The highest BCUT2D eigenvalue weighted by molar-refractivity contribution is 5.74. The molecule has 0 atom stereocenters. The van der Waals surface area contributed by atoms with Gasteiger partial charge >= 0.3 is 0 Å². The Balaban J connectivity index is 0.00000189. The number of aldehydes is 1. The molecular weight excluding hydrogens is 404 g/mol. The highest BCUT2D eigenvalue weighted by atomic mass is 16.1. The Bertz CT molecular complexity index is 913. The molecule has 0 radical (unpaired) electrons. The van der Waals surface area contributed by atoms with E-state index in [0.29, 0.717) is 17.8 Å². The van der Waals surface area contributed by atoms with Gasteiger partial charge in [-0.05, 0) is 55.0 Å². The summed E-state index contributed by atoms with van der Waals surface area (Å²) in [7, 11) is 0. The van der Waals surface area contributed by atoms with Crippen LogP contribution >= 0.6 is 0 Å². The number of rotatable bonds is 9. The third-order valence-electron chi connectivity index (χ3n) is 4.77. The third kappa shape index (κ3) is 9.91. The van der Waals surface area contributed by atoms with Crippen LogP contribution in [0, 0.1) is 11.3 Å². The number of unbranched alkanes of at least 4 members (excludes halogenated alkanes) is 1. The molecule has 2 aromatic rings. The second-order valence-corrected chi connectivity index (χ2v) is 7.82. The highest BCUT2D eigenvalue weighted by Gasteiger charge is 2.15. The lowest BCUT2D eigenvalue weighted by Crippen LogP contribution is -2.23. The Kier molecular flexibility index (Phi) is 15.8. The lowest BCUT2D eigenvalue weighted by Gasteiger charge is -2.28. The number of carbonyl (C=O) groups excluding carboxylic acids is 1. The largest absolute Gasteiger partial charge is 0.339 e. The molecule has 0 aliphatic rings. The first kappa shape index (κ1) is 29.9. The molecule has 0 aliphatic carbocycles. The molecule has 0 fully saturated rings. The Morgan fingerprint density at radius 2 is 1.61 bits per heavy atom. The fourth-order valence-electron chi connectivity index (χ4n) is 3.14. The van der Waals surface area contributed by atoms with Crippen molar-refractivity contribution in [2.75, 3.05) is 0 Å². The van der Waals surface area contributed by atoms with Crippen molar-refractivity contribution in [2.45, 2.75) is 80.7 Å². The van der Waals surface area contributed by atoms with E-state index in [-0.39, 0.29) is 0 Å². The molecule has 2 aromatic carbocycles. The van der Waals surface area contributed by atoms with Gasteiger partial charge in [0.1, 0.15) is 0 Å². The van der Waals surface area contributed by atoms with Gasteiger partial charge in [-0.2, -0.15) is 5.26 Å². The molecule has 0 spiro atoms. The van der Waals surface area contributed by atoms with Crippen LogP contribution in [-0.2, 0) is 11.3 Å². The van der Waals surface area contributed by atoms with Crippen LogP contribution in [0.4, 0.5) is 0 Å². The Morgan fingerprint density at radius 1 is 1.03 bits per heavy atom. The van der Waals surface area contributed by atoms with Crippen molar-refractivity contribution in [1.82, 2.24) is 4.90 Å². The summed E-state index contributed by atoms with van der Waals surface area (Å²) in [6.07, 6.45) is 5.18. The van der Waals surface area contributed by atoms with Crippen LogP contribution in [0.5, 0.6) is 0 Å². The predicted octanol–water partition coefficient (Wildman–Crippen LogP) is 8.67. The SMILES string of the molecule is C=C(CCCC)N(Cc1ccc(-c2ccccc2C#N)cc1)C(C=O)=C(C)C.CC.CCC. The zero-order valence-electron chi connectivity index (χ0n) is 21.7. The molecule has 0 amide bonds. The molecule has 0 aromatic heterocycles. The van der Waals surface area contributed by atoms with Gasteiger partial charge in [0.05, 0.1) is 17.3 Å². The van der Waals surface area contributed by atoms with Crippen molar-refractivity contribution in [1.29, 1.82) is 5.26 Å². The molecule has 0 aliphatic heterocycles. The van der Waals surface area contributed by atoms with E-state index in [1.54, 1.807) is 0 Å². The van der Waals surface area contributed by atoms with Crippen LogP contribution in [-0.4, -0.2) is 11.2 Å². The lowest BCUT2D eigenvalue weighted by molar-refractivity contribution is -0.106. The van der Waals surface area contributed by atoms with Gasteiger partial charge in [0.25, 0.3) is 0 Å². The summed E-state index contributed by atoms with van der Waals surface area (Å²) >= 11 is 0. The van der Waals surface area contributed by atoms with Gasteiger partial charge in [-0.3, -0.25) is 4.79 Å². The molecule has 0 bridgehead atoms. The average molecular weight is 447 g/mol. The minimum atomic E-state index is 0.599. The van der Waals surface area contributed by atoms with Crippen molar-refractivity contribution in [2.24, 2.45) is 0 Å². The van der Waals surface area contributed by atoms with E-state index in [2.05, 4.69) is 45.6 Å². The summed E-state index contributed by atoms with van der Waals surface area (Å²) in [6, 6.07) is 18.0. The van der Waals surface area contributed by atoms with Crippen LogP contribution in [0.2, 0.25) is 0 Å². The smallest absolute Gasteiger partial charge is 0.166 e. The van der Waals surface area contributed by atoms with Crippen molar-refractivity contribution in [3.8, 4) is 17.2 Å². The van der Waals surface area contributed by atoms with Crippen molar-refractivity contribution in [3.05, 3.63) is 83.2 Å². The third-order valence-corrected chi connectivity index (χ3v) is 4.77. The Morgan fingerprint density at radius 3 is 2.09 bits per heavy atom. The summed E-state index contributed by atoms with van der Waals surface area (Å²) in [5.74, 6) is 0. The fraction of sp³-hybridized carbons (Fsp3) is 0.400. The summed E-state index contributed by atoms with van der Waals surface area (Å²) < 4.78 is 0. The highest BCUT2D eigenvalue weighted by Crippen LogP contribution is 2.26. The maximum Gasteiger partial charge on any atom is 0.166 e. The summed E-state index contributed by atoms with van der Waals surface area (Å²) in [5.41, 5.74) is 6.32. The molecule has 0 heterocycles. The quantitative estimate of drug-likeness (QED) is 0.286. The number of benzene rings is 2. The van der Waals surface area contributed by atoms with E-state index in [9.17, 15) is 10.1 Å². The molecule has 0 unspecified atom stereocenters. The van der Waals surface area contributed by atoms with Crippen LogP contribution in [0.3, 0.4) is 0 Å². The molecule has 178 valence electrons. The van der Waals surface area contributed by atoms with E-state index < -0.39 is 0 Å². The first-order valence-corrected chi connectivity index (χ1v) is 12.1. The van der Waals surface area contributed by atoms with Crippen LogP contribution in [0.25, 0.3) is 11.1 Å². The van der Waals surface area contributed by atoms with Gasteiger partial charge in [0, 0.05) is 12.2 Å². The number of nitrogens with zero attached hydrogens (tertiary/aromatic N) is 2. The van der Waals surface area contributed by atoms with Crippen molar-refractivity contribution in [3.63, 3.8) is 0 Å². The number of hydrogen-bond donors (Lipinski definition) is 0. The molecule has 2 rings (SSSR count). The maximum atomic E-state index is 11.7. The van der Waals surface area contributed by atoms with Crippen LogP contribution in [0.15, 0.2) is 72.1 Å². The zero-order chi connectivity index (χ0) is 25.2. The van der Waals surface area contributed by atoms with Gasteiger partial charge in [-0.25, -0.2) is 0 Å². The van der Waals surface area contributed by atoms with E-state index in [0.717, 1.165) is 53.5 Å². The molecule has 0 saturated heterocycles. The minimum absolute atomic E-state index is 0.599. The Hall–Kier alpha value is -3.12. The average Bonchev–Trinajstić information content (AvgIpc) is 2.84. The van der Waals surface area contributed by atoms with Gasteiger partial charge in [-0.15, -0.1) is 0 Å². The van der Waals surface area contributed by atoms with E-state index in [1.165, 1.54) is 6.42 Å².